The molecule has 1 aliphatic heterocycles. The van der Waals surface area contributed by atoms with Gasteiger partial charge < -0.3 is 15.5 Å². The molecule has 0 aromatic heterocycles. The maximum absolute atomic E-state index is 12.3. The van der Waals surface area contributed by atoms with Crippen LogP contribution in [0.15, 0.2) is 18.2 Å². The van der Waals surface area contributed by atoms with Crippen molar-refractivity contribution in [3.63, 3.8) is 0 Å². The molecule has 0 bridgehead atoms. The summed E-state index contributed by atoms with van der Waals surface area (Å²) in [6.07, 6.45) is 0. The molecule has 2 rings (SSSR count). The van der Waals surface area contributed by atoms with E-state index in [1.807, 2.05) is 0 Å². The second-order valence-electron chi connectivity index (χ2n) is 6.52. The summed E-state index contributed by atoms with van der Waals surface area (Å²) < 4.78 is 0. The van der Waals surface area contributed by atoms with Gasteiger partial charge >= 0.3 is 6.03 Å². The number of carbonyl (C=O) groups excluding carboxylic acids is 2. The van der Waals surface area contributed by atoms with Crippen LogP contribution in [0.3, 0.4) is 0 Å². The van der Waals surface area contributed by atoms with E-state index in [0.29, 0.717) is 60.9 Å². The molecule has 1 aromatic carbocycles. The summed E-state index contributed by atoms with van der Waals surface area (Å²) >= 11 is 11.8. The minimum absolute atomic E-state index is 0.0300. The molecule has 0 spiro atoms. The van der Waals surface area contributed by atoms with Crippen LogP contribution in [-0.4, -0.2) is 61.0 Å². The Bertz CT molecular complexity index is 617. The first-order valence-electron chi connectivity index (χ1n) is 8.35. The molecule has 1 fully saturated rings. The van der Waals surface area contributed by atoms with Crippen molar-refractivity contribution >= 4 is 40.8 Å². The Morgan fingerprint density at radius 3 is 2.40 bits per heavy atom. The first kappa shape index (κ1) is 19.8. The largest absolute Gasteiger partial charge is 0.355 e. The van der Waals surface area contributed by atoms with Gasteiger partial charge in [-0.1, -0.05) is 37.0 Å². The Labute approximate surface area is 158 Å². The minimum Gasteiger partial charge on any atom is -0.355 e. The number of hydrogen-bond donors (Lipinski definition) is 2. The molecule has 0 radical (unpaired) electrons. The molecular weight excluding hydrogens is 363 g/mol. The predicted molar refractivity (Wildman–Crippen MR) is 101 cm³/mol. The fourth-order valence-corrected chi connectivity index (χ4v) is 2.76. The molecule has 1 heterocycles. The summed E-state index contributed by atoms with van der Waals surface area (Å²) in [7, 11) is 0. The highest BCUT2D eigenvalue weighted by molar-refractivity contribution is 6.42. The van der Waals surface area contributed by atoms with Crippen molar-refractivity contribution in [1.29, 1.82) is 0 Å². The number of amides is 3. The Morgan fingerprint density at radius 2 is 1.80 bits per heavy atom. The third-order valence-electron chi connectivity index (χ3n) is 3.91. The van der Waals surface area contributed by atoms with Crippen LogP contribution in [0.4, 0.5) is 10.5 Å². The number of hydrogen-bond acceptors (Lipinski definition) is 3. The number of piperazine rings is 1. The Hall–Kier alpha value is -1.50. The van der Waals surface area contributed by atoms with Crippen LogP contribution in [0, 0.1) is 5.92 Å². The third kappa shape index (κ3) is 6.38. The zero-order chi connectivity index (χ0) is 18.4. The number of rotatable bonds is 5. The summed E-state index contributed by atoms with van der Waals surface area (Å²) in [6.45, 7) is 7.67. The number of halogens is 2. The lowest BCUT2D eigenvalue weighted by Crippen LogP contribution is -2.52. The summed E-state index contributed by atoms with van der Waals surface area (Å²) in [4.78, 5) is 28.0. The fourth-order valence-electron chi connectivity index (χ4n) is 2.46. The van der Waals surface area contributed by atoms with Gasteiger partial charge in [-0.25, -0.2) is 4.79 Å². The second kappa shape index (κ2) is 9.27. The molecule has 1 saturated heterocycles. The van der Waals surface area contributed by atoms with Crippen LogP contribution in [-0.2, 0) is 4.79 Å². The molecule has 0 atom stereocenters. The fraction of sp³-hybridized carbons (Fsp3) is 0.529. The number of nitrogens with one attached hydrogen (secondary N) is 2. The number of urea groups is 1. The van der Waals surface area contributed by atoms with Gasteiger partial charge in [-0.15, -0.1) is 0 Å². The van der Waals surface area contributed by atoms with Crippen LogP contribution in [0.5, 0.6) is 0 Å². The lowest BCUT2D eigenvalue weighted by molar-refractivity contribution is -0.122. The topological polar surface area (TPSA) is 64.7 Å². The molecular formula is C17H24Cl2N4O2. The van der Waals surface area contributed by atoms with E-state index in [9.17, 15) is 9.59 Å². The van der Waals surface area contributed by atoms with Gasteiger partial charge in [-0.3, -0.25) is 9.69 Å². The number of benzene rings is 1. The monoisotopic (exact) mass is 386 g/mol. The zero-order valence-corrected chi connectivity index (χ0v) is 16.0. The van der Waals surface area contributed by atoms with E-state index >= 15 is 0 Å². The van der Waals surface area contributed by atoms with Gasteiger partial charge in [-0.2, -0.15) is 0 Å². The van der Waals surface area contributed by atoms with Gasteiger partial charge in [0.25, 0.3) is 0 Å². The van der Waals surface area contributed by atoms with Crippen molar-refractivity contribution < 1.29 is 9.59 Å². The molecule has 25 heavy (non-hydrogen) atoms. The van der Waals surface area contributed by atoms with Gasteiger partial charge in [0.15, 0.2) is 0 Å². The van der Waals surface area contributed by atoms with Gasteiger partial charge in [0.2, 0.25) is 5.91 Å². The second-order valence-corrected chi connectivity index (χ2v) is 7.33. The third-order valence-corrected chi connectivity index (χ3v) is 4.64. The van der Waals surface area contributed by atoms with E-state index in [-0.39, 0.29) is 11.9 Å². The lowest BCUT2D eigenvalue weighted by Gasteiger charge is -2.34. The molecule has 2 N–H and O–H groups in total. The van der Waals surface area contributed by atoms with Gasteiger partial charge in [-0.05, 0) is 24.1 Å². The summed E-state index contributed by atoms with van der Waals surface area (Å²) in [5.74, 6) is 0.466. The molecule has 8 heteroatoms. The highest BCUT2D eigenvalue weighted by atomic mass is 35.5. The smallest absolute Gasteiger partial charge is 0.321 e. The standard InChI is InChI=1S/C17H24Cl2N4O2/c1-12(2)10-20-16(24)11-22-5-7-23(8-6-22)17(25)21-13-3-4-14(18)15(19)9-13/h3-4,9,12H,5-8,10-11H2,1-2H3,(H,20,24)(H,21,25). The summed E-state index contributed by atoms with van der Waals surface area (Å²) in [5.41, 5.74) is 0.606. The maximum atomic E-state index is 12.3. The van der Waals surface area contributed by atoms with Crippen molar-refractivity contribution in [1.82, 2.24) is 15.1 Å². The Kier molecular flexibility index (Phi) is 7.35. The zero-order valence-electron chi connectivity index (χ0n) is 14.5. The Morgan fingerprint density at radius 1 is 1.12 bits per heavy atom. The average Bonchev–Trinajstić information content (AvgIpc) is 2.57. The van der Waals surface area contributed by atoms with Crippen LogP contribution < -0.4 is 10.6 Å². The van der Waals surface area contributed by atoms with Crippen molar-refractivity contribution in [3.05, 3.63) is 28.2 Å². The highest BCUT2D eigenvalue weighted by Gasteiger charge is 2.22. The number of carbonyl (C=O) groups is 2. The SMILES string of the molecule is CC(C)CNC(=O)CN1CCN(C(=O)Nc2ccc(Cl)c(Cl)c2)CC1. The molecule has 3 amide bonds. The van der Waals surface area contributed by atoms with E-state index in [1.54, 1.807) is 23.1 Å². The van der Waals surface area contributed by atoms with Crippen molar-refractivity contribution in [2.24, 2.45) is 5.92 Å². The van der Waals surface area contributed by atoms with Crippen LogP contribution in [0.25, 0.3) is 0 Å². The number of anilines is 1. The van der Waals surface area contributed by atoms with E-state index in [4.69, 9.17) is 23.2 Å². The molecule has 0 saturated carbocycles. The van der Waals surface area contributed by atoms with Gasteiger partial charge in [0, 0.05) is 38.4 Å². The predicted octanol–water partition coefficient (Wildman–Crippen LogP) is 2.92. The normalized spacial score (nSPS) is 15.3. The van der Waals surface area contributed by atoms with Crippen molar-refractivity contribution in [3.8, 4) is 0 Å². The van der Waals surface area contributed by atoms with Gasteiger partial charge in [0.1, 0.15) is 0 Å². The molecule has 0 aliphatic carbocycles. The van der Waals surface area contributed by atoms with Crippen LogP contribution in [0.1, 0.15) is 13.8 Å². The maximum Gasteiger partial charge on any atom is 0.321 e. The van der Waals surface area contributed by atoms with E-state index in [1.165, 1.54) is 0 Å². The van der Waals surface area contributed by atoms with Crippen LogP contribution >= 0.6 is 23.2 Å². The van der Waals surface area contributed by atoms with Crippen LogP contribution in [0.2, 0.25) is 10.0 Å². The number of nitrogens with zero attached hydrogens (tertiary/aromatic N) is 2. The first-order chi connectivity index (χ1) is 11.8. The highest BCUT2D eigenvalue weighted by Crippen LogP contribution is 2.25. The average molecular weight is 387 g/mol. The van der Waals surface area contributed by atoms with Crippen molar-refractivity contribution in [2.75, 3.05) is 44.6 Å². The lowest BCUT2D eigenvalue weighted by atomic mass is 10.2. The first-order valence-corrected chi connectivity index (χ1v) is 9.10. The Balaban J connectivity index is 1.76. The summed E-state index contributed by atoms with van der Waals surface area (Å²) in [5, 5.41) is 6.57. The molecule has 138 valence electrons. The van der Waals surface area contributed by atoms with Crippen molar-refractivity contribution in [2.45, 2.75) is 13.8 Å². The summed E-state index contributed by atoms with van der Waals surface area (Å²) in [6, 6.07) is 4.80. The molecule has 1 aromatic rings. The molecule has 0 unspecified atom stereocenters. The molecule has 1 aliphatic rings. The van der Waals surface area contributed by atoms with E-state index in [2.05, 4.69) is 29.4 Å². The van der Waals surface area contributed by atoms with E-state index < -0.39 is 0 Å². The minimum atomic E-state index is -0.178. The quantitative estimate of drug-likeness (QED) is 0.817. The van der Waals surface area contributed by atoms with Gasteiger partial charge in [0.05, 0.1) is 16.6 Å². The van der Waals surface area contributed by atoms with E-state index in [0.717, 1.165) is 0 Å². The molecule has 6 nitrogen and oxygen atoms in total.